The summed E-state index contributed by atoms with van der Waals surface area (Å²) in [6.45, 7) is 5.87. The van der Waals surface area contributed by atoms with Gasteiger partial charge in [-0.05, 0) is 47.7 Å². The number of ether oxygens (including phenoxy) is 1. The molecule has 0 heterocycles. The van der Waals surface area contributed by atoms with Crippen LogP contribution in [0, 0.1) is 5.92 Å². The number of methoxy groups -OCH3 is 1. The van der Waals surface area contributed by atoms with Gasteiger partial charge in [0.2, 0.25) is 0 Å². The highest BCUT2D eigenvalue weighted by Crippen LogP contribution is 2.49. The van der Waals surface area contributed by atoms with Gasteiger partial charge >= 0.3 is 0 Å². The molecule has 0 amide bonds. The van der Waals surface area contributed by atoms with Gasteiger partial charge in [-0.2, -0.15) is 0 Å². The van der Waals surface area contributed by atoms with Gasteiger partial charge < -0.3 is 9.84 Å². The van der Waals surface area contributed by atoms with Crippen LogP contribution in [0.4, 0.5) is 0 Å². The van der Waals surface area contributed by atoms with Crippen LogP contribution in [0.2, 0.25) is 0 Å². The third kappa shape index (κ3) is 3.02. The second-order valence-electron chi connectivity index (χ2n) is 4.24. The lowest BCUT2D eigenvalue weighted by atomic mass is 9.90. The Bertz CT molecular complexity index is 370. The molecule has 1 fully saturated rings. The third-order valence-electron chi connectivity index (χ3n) is 3.09. The van der Waals surface area contributed by atoms with Crippen molar-refractivity contribution in [1.82, 2.24) is 0 Å². The molecule has 3 heteroatoms. The number of hydrogen-bond acceptors (Lipinski definition) is 2. The Morgan fingerprint density at radius 3 is 2.41 bits per heavy atom. The van der Waals surface area contributed by atoms with Gasteiger partial charge in [0.05, 0.1) is 17.2 Å². The highest BCUT2D eigenvalue weighted by Gasteiger charge is 2.43. The smallest absolute Gasteiger partial charge is 0.139 e. The first-order chi connectivity index (χ1) is 8.07. The zero-order valence-electron chi connectivity index (χ0n) is 11.0. The van der Waals surface area contributed by atoms with E-state index in [1.54, 1.807) is 7.11 Å². The summed E-state index contributed by atoms with van der Waals surface area (Å²) in [5.41, 5.74) is 0.108. The molecule has 17 heavy (non-hydrogen) atoms. The number of benzene rings is 1. The maximum Gasteiger partial charge on any atom is 0.139 e. The average molecular weight is 301 g/mol. The first-order valence-electron chi connectivity index (χ1n) is 6.12. The molecule has 0 spiro atoms. The van der Waals surface area contributed by atoms with Crippen molar-refractivity contribution >= 4 is 15.9 Å². The van der Waals surface area contributed by atoms with E-state index in [-0.39, 0.29) is 0 Å². The molecule has 1 atom stereocenters. The fraction of sp³-hybridized carbons (Fsp3) is 0.571. The summed E-state index contributed by atoms with van der Waals surface area (Å²) in [4.78, 5) is 0. The van der Waals surface area contributed by atoms with E-state index >= 15 is 0 Å². The summed E-state index contributed by atoms with van der Waals surface area (Å²) in [6.07, 6.45) is 2.20. The van der Waals surface area contributed by atoms with Gasteiger partial charge in [-0.25, -0.2) is 0 Å². The molecule has 0 radical (unpaired) electrons. The van der Waals surface area contributed by atoms with Crippen LogP contribution in [-0.2, 0) is 5.60 Å². The predicted molar refractivity (Wildman–Crippen MR) is 74.3 cm³/mol. The van der Waals surface area contributed by atoms with Crippen LogP contribution >= 0.6 is 15.9 Å². The average Bonchev–Trinajstić information content (AvgIpc) is 3.15. The quantitative estimate of drug-likeness (QED) is 0.910. The normalized spacial score (nSPS) is 17.8. The Balaban J connectivity index is 0.000000686. The molecule has 0 aliphatic heterocycles. The highest BCUT2D eigenvalue weighted by atomic mass is 79.9. The molecule has 1 saturated carbocycles. The van der Waals surface area contributed by atoms with Crippen LogP contribution in [0.3, 0.4) is 0 Å². The second-order valence-corrected chi connectivity index (χ2v) is 5.10. The summed E-state index contributed by atoms with van der Waals surface area (Å²) in [5, 5.41) is 10.5. The lowest BCUT2D eigenvalue weighted by Gasteiger charge is -2.26. The molecule has 1 aromatic rings. The third-order valence-corrected chi connectivity index (χ3v) is 3.71. The first-order valence-corrected chi connectivity index (χ1v) is 6.92. The Labute approximate surface area is 112 Å². The van der Waals surface area contributed by atoms with Gasteiger partial charge in [-0.15, -0.1) is 0 Å². The number of hydrogen-bond donors (Lipinski definition) is 1. The molecule has 1 N–H and O–H groups in total. The first kappa shape index (κ1) is 14.5. The van der Waals surface area contributed by atoms with Crippen molar-refractivity contribution in [3.05, 3.63) is 28.2 Å². The second kappa shape index (κ2) is 5.87. The number of aliphatic hydroxyl groups is 1. The molecule has 1 unspecified atom stereocenters. The molecule has 1 aromatic carbocycles. The van der Waals surface area contributed by atoms with Crippen LogP contribution in [0.15, 0.2) is 22.7 Å². The molecular formula is C14H21BrO2. The molecule has 2 rings (SSSR count). The molecule has 1 aliphatic rings. The van der Waals surface area contributed by atoms with E-state index in [0.29, 0.717) is 5.92 Å². The maximum atomic E-state index is 10.5. The van der Waals surface area contributed by atoms with Crippen LogP contribution in [0.1, 0.15) is 39.2 Å². The zero-order valence-corrected chi connectivity index (χ0v) is 12.5. The summed E-state index contributed by atoms with van der Waals surface area (Å²) >= 11 is 3.43. The molecule has 2 nitrogen and oxygen atoms in total. The van der Waals surface area contributed by atoms with Gasteiger partial charge in [0, 0.05) is 5.56 Å². The predicted octanol–water partition coefficient (Wildman–Crippen LogP) is 4.10. The highest BCUT2D eigenvalue weighted by molar-refractivity contribution is 9.10. The van der Waals surface area contributed by atoms with E-state index < -0.39 is 5.60 Å². The van der Waals surface area contributed by atoms with E-state index in [1.807, 2.05) is 39.0 Å². The van der Waals surface area contributed by atoms with Gasteiger partial charge in [0.15, 0.2) is 0 Å². The zero-order chi connectivity index (χ0) is 13.1. The van der Waals surface area contributed by atoms with Crippen LogP contribution in [-0.4, -0.2) is 12.2 Å². The molecule has 0 aromatic heterocycles. The molecule has 1 aliphatic carbocycles. The molecular weight excluding hydrogens is 280 g/mol. The standard InChI is InChI=1S/C12H15BrO2.C2H6/c1-12(14,8-6-7-8)9-4-3-5-10(13)11(9)15-2;1-2/h3-5,8,14H,6-7H2,1-2H3;1-2H3. The van der Waals surface area contributed by atoms with E-state index in [0.717, 1.165) is 28.6 Å². The Kier molecular flexibility index (Phi) is 5.02. The minimum atomic E-state index is -0.769. The van der Waals surface area contributed by atoms with Gasteiger partial charge in [0.25, 0.3) is 0 Å². The summed E-state index contributed by atoms with van der Waals surface area (Å²) in [7, 11) is 1.63. The minimum Gasteiger partial charge on any atom is -0.495 e. The summed E-state index contributed by atoms with van der Waals surface area (Å²) in [6, 6.07) is 5.78. The largest absolute Gasteiger partial charge is 0.495 e. The van der Waals surface area contributed by atoms with Gasteiger partial charge in [0.1, 0.15) is 5.75 Å². The maximum absolute atomic E-state index is 10.5. The topological polar surface area (TPSA) is 29.5 Å². The Morgan fingerprint density at radius 1 is 1.35 bits per heavy atom. The lowest BCUT2D eigenvalue weighted by molar-refractivity contribution is 0.0306. The van der Waals surface area contributed by atoms with Crippen molar-refractivity contribution in [2.75, 3.05) is 7.11 Å². The Hall–Kier alpha value is -0.540. The fourth-order valence-electron chi connectivity index (χ4n) is 1.98. The van der Waals surface area contributed by atoms with Crippen LogP contribution in [0.5, 0.6) is 5.75 Å². The monoisotopic (exact) mass is 300 g/mol. The Morgan fingerprint density at radius 2 is 1.94 bits per heavy atom. The number of para-hydroxylation sites is 1. The van der Waals surface area contributed by atoms with Crippen molar-refractivity contribution < 1.29 is 9.84 Å². The number of rotatable bonds is 3. The summed E-state index contributed by atoms with van der Waals surface area (Å²) in [5.74, 6) is 1.12. The fourth-order valence-corrected chi connectivity index (χ4v) is 2.51. The van der Waals surface area contributed by atoms with Crippen LogP contribution in [0.25, 0.3) is 0 Å². The van der Waals surface area contributed by atoms with E-state index in [4.69, 9.17) is 4.74 Å². The van der Waals surface area contributed by atoms with Crippen LogP contribution < -0.4 is 4.74 Å². The lowest BCUT2D eigenvalue weighted by Crippen LogP contribution is -2.24. The van der Waals surface area contributed by atoms with Crippen molar-refractivity contribution in [3.63, 3.8) is 0 Å². The van der Waals surface area contributed by atoms with Crippen molar-refractivity contribution in [3.8, 4) is 5.75 Å². The van der Waals surface area contributed by atoms with Crippen molar-refractivity contribution in [2.45, 2.75) is 39.2 Å². The van der Waals surface area contributed by atoms with Crippen molar-refractivity contribution in [2.24, 2.45) is 5.92 Å². The SMILES string of the molecule is CC.COc1c(Br)cccc1C(C)(O)C1CC1. The number of halogens is 1. The van der Waals surface area contributed by atoms with E-state index in [2.05, 4.69) is 15.9 Å². The van der Waals surface area contributed by atoms with Crippen molar-refractivity contribution in [1.29, 1.82) is 0 Å². The molecule has 96 valence electrons. The molecule has 0 bridgehead atoms. The van der Waals surface area contributed by atoms with Gasteiger partial charge in [-0.3, -0.25) is 0 Å². The van der Waals surface area contributed by atoms with Gasteiger partial charge in [-0.1, -0.05) is 26.0 Å². The summed E-state index contributed by atoms with van der Waals surface area (Å²) < 4.78 is 6.23. The molecule has 0 saturated heterocycles. The minimum absolute atomic E-state index is 0.376. The van der Waals surface area contributed by atoms with E-state index in [1.165, 1.54) is 0 Å². The van der Waals surface area contributed by atoms with E-state index in [9.17, 15) is 5.11 Å².